The van der Waals surface area contributed by atoms with E-state index in [1.54, 1.807) is 32.4 Å². The average Bonchev–Trinajstić information content (AvgIpc) is 2.46. The molecular formula is C13H17Br2NO3. The highest BCUT2D eigenvalue weighted by Gasteiger charge is 2.24. The zero-order valence-electron chi connectivity index (χ0n) is 11.1. The van der Waals surface area contributed by atoms with E-state index in [1.165, 1.54) is 0 Å². The Labute approximate surface area is 130 Å². The zero-order valence-corrected chi connectivity index (χ0v) is 14.3. The van der Waals surface area contributed by atoms with Crippen LogP contribution in [0.1, 0.15) is 17.3 Å². The molecule has 19 heavy (non-hydrogen) atoms. The second-order valence-corrected chi connectivity index (χ2v) is 5.50. The fourth-order valence-electron chi connectivity index (χ4n) is 1.39. The molecule has 0 aromatic heterocycles. The zero-order chi connectivity index (χ0) is 14.5. The van der Waals surface area contributed by atoms with Crippen LogP contribution < -0.4 is 14.8 Å². The maximum atomic E-state index is 12.3. The van der Waals surface area contributed by atoms with Crippen LogP contribution in [0.5, 0.6) is 11.5 Å². The van der Waals surface area contributed by atoms with Gasteiger partial charge in [-0.05, 0) is 19.1 Å². The second kappa shape index (κ2) is 7.14. The van der Waals surface area contributed by atoms with E-state index < -0.39 is 0 Å². The van der Waals surface area contributed by atoms with Crippen LogP contribution in [-0.4, -0.2) is 36.3 Å². The molecule has 1 rings (SSSR count). The van der Waals surface area contributed by atoms with E-state index in [-0.39, 0.29) is 11.4 Å². The SMILES string of the molecule is COc1cc(OC)cc(C(=O)NC(C)(CBr)CBr)c1. The molecule has 0 spiro atoms. The average molecular weight is 395 g/mol. The van der Waals surface area contributed by atoms with Gasteiger partial charge >= 0.3 is 0 Å². The minimum absolute atomic E-state index is 0.168. The number of amides is 1. The van der Waals surface area contributed by atoms with E-state index in [1.807, 2.05) is 6.92 Å². The van der Waals surface area contributed by atoms with Gasteiger partial charge in [0.05, 0.1) is 19.8 Å². The Kier molecular flexibility index (Phi) is 6.13. The predicted octanol–water partition coefficient (Wildman–Crippen LogP) is 2.98. The smallest absolute Gasteiger partial charge is 0.252 e. The van der Waals surface area contributed by atoms with Crippen molar-refractivity contribution in [1.82, 2.24) is 5.32 Å². The standard InChI is InChI=1S/C13H17Br2NO3/c1-13(7-14,8-15)16-12(17)9-4-10(18-2)6-11(5-9)19-3/h4-6H,7-8H2,1-3H3,(H,16,17). The maximum Gasteiger partial charge on any atom is 0.252 e. The van der Waals surface area contributed by atoms with E-state index in [2.05, 4.69) is 37.2 Å². The highest BCUT2D eigenvalue weighted by molar-refractivity contribution is 9.09. The van der Waals surface area contributed by atoms with E-state index in [0.717, 1.165) is 0 Å². The van der Waals surface area contributed by atoms with Gasteiger partial charge in [0.1, 0.15) is 11.5 Å². The van der Waals surface area contributed by atoms with Crippen LogP contribution >= 0.6 is 31.9 Å². The largest absolute Gasteiger partial charge is 0.497 e. The van der Waals surface area contributed by atoms with Crippen LogP contribution in [0.4, 0.5) is 0 Å². The third-order valence-electron chi connectivity index (χ3n) is 2.62. The molecule has 0 bridgehead atoms. The molecule has 0 aliphatic carbocycles. The lowest BCUT2D eigenvalue weighted by atomic mass is 10.1. The molecule has 1 aromatic carbocycles. The molecule has 1 N–H and O–H groups in total. The first-order chi connectivity index (χ1) is 8.97. The van der Waals surface area contributed by atoms with Crippen LogP contribution in [0.15, 0.2) is 18.2 Å². The molecule has 0 radical (unpaired) electrons. The Bertz CT molecular complexity index is 425. The maximum absolute atomic E-state index is 12.3. The Morgan fingerprint density at radius 1 is 1.16 bits per heavy atom. The summed E-state index contributed by atoms with van der Waals surface area (Å²) in [4.78, 5) is 12.3. The summed E-state index contributed by atoms with van der Waals surface area (Å²) in [5.74, 6) is 1.01. The number of carbonyl (C=O) groups excluding carboxylic acids is 1. The van der Waals surface area contributed by atoms with Gasteiger partial charge in [-0.1, -0.05) is 31.9 Å². The van der Waals surface area contributed by atoms with Crippen molar-refractivity contribution in [2.75, 3.05) is 24.9 Å². The summed E-state index contributed by atoms with van der Waals surface area (Å²) in [6, 6.07) is 5.09. The Morgan fingerprint density at radius 2 is 1.63 bits per heavy atom. The van der Waals surface area contributed by atoms with E-state index in [9.17, 15) is 4.79 Å². The number of alkyl halides is 2. The minimum atomic E-state index is -0.354. The molecule has 4 nitrogen and oxygen atoms in total. The summed E-state index contributed by atoms with van der Waals surface area (Å²) in [6.45, 7) is 1.95. The summed E-state index contributed by atoms with van der Waals surface area (Å²) in [5.41, 5.74) is 0.150. The van der Waals surface area contributed by atoms with Gasteiger partial charge in [-0.2, -0.15) is 0 Å². The van der Waals surface area contributed by atoms with Crippen molar-refractivity contribution in [3.8, 4) is 11.5 Å². The van der Waals surface area contributed by atoms with E-state index in [0.29, 0.717) is 27.7 Å². The number of hydrogen-bond donors (Lipinski definition) is 1. The van der Waals surface area contributed by atoms with Crippen molar-refractivity contribution in [2.24, 2.45) is 0 Å². The molecule has 0 aliphatic heterocycles. The van der Waals surface area contributed by atoms with Gasteiger partial charge in [-0.15, -0.1) is 0 Å². The van der Waals surface area contributed by atoms with Gasteiger partial charge in [0, 0.05) is 22.3 Å². The molecule has 1 aromatic rings. The van der Waals surface area contributed by atoms with Crippen molar-refractivity contribution in [2.45, 2.75) is 12.5 Å². The lowest BCUT2D eigenvalue weighted by Gasteiger charge is -2.26. The van der Waals surface area contributed by atoms with Crippen molar-refractivity contribution in [3.63, 3.8) is 0 Å². The van der Waals surface area contributed by atoms with Crippen LogP contribution in [0.2, 0.25) is 0 Å². The van der Waals surface area contributed by atoms with Crippen LogP contribution in [-0.2, 0) is 0 Å². The van der Waals surface area contributed by atoms with Gasteiger partial charge in [0.2, 0.25) is 0 Å². The summed E-state index contributed by atoms with van der Waals surface area (Å²) in [5, 5.41) is 4.27. The first-order valence-electron chi connectivity index (χ1n) is 5.65. The number of benzene rings is 1. The molecule has 106 valence electrons. The molecular weight excluding hydrogens is 378 g/mol. The molecule has 6 heteroatoms. The third kappa shape index (κ3) is 4.38. The normalized spacial score (nSPS) is 11.0. The van der Waals surface area contributed by atoms with Crippen molar-refractivity contribution in [3.05, 3.63) is 23.8 Å². The number of nitrogens with one attached hydrogen (secondary N) is 1. The lowest BCUT2D eigenvalue weighted by molar-refractivity contribution is 0.0922. The summed E-state index contributed by atoms with van der Waals surface area (Å²) in [6.07, 6.45) is 0. The summed E-state index contributed by atoms with van der Waals surface area (Å²) < 4.78 is 10.3. The quantitative estimate of drug-likeness (QED) is 0.754. The topological polar surface area (TPSA) is 47.6 Å². The third-order valence-corrected chi connectivity index (χ3v) is 5.09. The van der Waals surface area contributed by atoms with E-state index in [4.69, 9.17) is 9.47 Å². The summed E-state index contributed by atoms with van der Waals surface area (Å²) in [7, 11) is 3.11. The van der Waals surface area contributed by atoms with Gasteiger partial charge < -0.3 is 14.8 Å². The predicted molar refractivity (Wildman–Crippen MR) is 83.0 cm³/mol. The first kappa shape index (κ1) is 16.3. The highest BCUT2D eigenvalue weighted by Crippen LogP contribution is 2.23. The van der Waals surface area contributed by atoms with Gasteiger partial charge in [0.15, 0.2) is 0 Å². The van der Waals surface area contributed by atoms with Crippen molar-refractivity contribution < 1.29 is 14.3 Å². The van der Waals surface area contributed by atoms with Crippen LogP contribution in [0.3, 0.4) is 0 Å². The number of halogens is 2. The van der Waals surface area contributed by atoms with Crippen molar-refractivity contribution >= 4 is 37.8 Å². The van der Waals surface area contributed by atoms with Gasteiger partial charge in [0.25, 0.3) is 5.91 Å². The van der Waals surface area contributed by atoms with Gasteiger partial charge in [-0.25, -0.2) is 0 Å². The van der Waals surface area contributed by atoms with Crippen molar-refractivity contribution in [1.29, 1.82) is 0 Å². The lowest BCUT2D eigenvalue weighted by Crippen LogP contribution is -2.48. The number of hydrogen-bond acceptors (Lipinski definition) is 3. The Morgan fingerprint density at radius 3 is 2.00 bits per heavy atom. The molecule has 0 fully saturated rings. The highest BCUT2D eigenvalue weighted by atomic mass is 79.9. The van der Waals surface area contributed by atoms with E-state index >= 15 is 0 Å². The fourth-order valence-corrected chi connectivity index (χ4v) is 2.60. The molecule has 0 atom stereocenters. The van der Waals surface area contributed by atoms with Crippen LogP contribution in [0.25, 0.3) is 0 Å². The minimum Gasteiger partial charge on any atom is -0.497 e. The monoisotopic (exact) mass is 393 g/mol. The Balaban J connectivity index is 2.99. The second-order valence-electron chi connectivity index (χ2n) is 4.38. The molecule has 0 aliphatic rings. The summed E-state index contributed by atoms with van der Waals surface area (Å²) >= 11 is 6.79. The molecule has 0 saturated heterocycles. The number of carbonyl (C=O) groups is 1. The van der Waals surface area contributed by atoms with Gasteiger partial charge in [-0.3, -0.25) is 4.79 Å². The molecule has 1 amide bonds. The Hall–Kier alpha value is -0.750. The number of rotatable bonds is 6. The molecule has 0 heterocycles. The van der Waals surface area contributed by atoms with Crippen LogP contribution in [0, 0.1) is 0 Å². The first-order valence-corrected chi connectivity index (χ1v) is 7.90. The molecule has 0 unspecified atom stereocenters. The molecule has 0 saturated carbocycles. The number of ether oxygens (including phenoxy) is 2. The number of methoxy groups -OCH3 is 2. The fraction of sp³-hybridized carbons (Fsp3) is 0.462.